The third-order valence-corrected chi connectivity index (χ3v) is 3.76. The lowest BCUT2D eigenvalue weighted by atomic mass is 10.1. The van der Waals surface area contributed by atoms with E-state index in [4.69, 9.17) is 4.42 Å². The molecule has 1 N–H and O–H groups in total. The van der Waals surface area contributed by atoms with Gasteiger partial charge in [0.15, 0.2) is 0 Å². The number of hydrogen-bond donors (Lipinski definition) is 1. The molecule has 0 unspecified atom stereocenters. The van der Waals surface area contributed by atoms with Gasteiger partial charge >= 0.3 is 0 Å². The van der Waals surface area contributed by atoms with Gasteiger partial charge in [0.05, 0.1) is 0 Å². The van der Waals surface area contributed by atoms with Crippen molar-refractivity contribution in [3.05, 3.63) is 71.5 Å². The van der Waals surface area contributed by atoms with Crippen molar-refractivity contribution >= 4 is 21.9 Å². The fourth-order valence-electron chi connectivity index (χ4n) is 2.82. The van der Waals surface area contributed by atoms with Gasteiger partial charge in [0.25, 0.3) is 0 Å². The summed E-state index contributed by atoms with van der Waals surface area (Å²) in [7, 11) is 0. The first-order valence-corrected chi connectivity index (χ1v) is 6.85. The minimum absolute atomic E-state index is 0.866. The first-order valence-electron chi connectivity index (χ1n) is 6.85. The Balaban J connectivity index is 1.91. The number of nitrogens with one attached hydrogen (secondary N) is 1. The van der Waals surface area contributed by atoms with E-state index in [1.54, 1.807) is 0 Å². The number of H-pyrrole nitrogens is 1. The number of fused-ring (bicyclic) bond motifs is 3. The molecule has 0 atom stereocenters. The van der Waals surface area contributed by atoms with Gasteiger partial charge in [0, 0.05) is 34.1 Å². The van der Waals surface area contributed by atoms with Gasteiger partial charge in [-0.05, 0) is 25.1 Å². The molecule has 0 spiro atoms. The van der Waals surface area contributed by atoms with E-state index < -0.39 is 0 Å². The predicted octanol–water partition coefficient (Wildman–Crippen LogP) is 4.81. The third-order valence-electron chi connectivity index (χ3n) is 3.76. The highest BCUT2D eigenvalue weighted by Crippen LogP contribution is 2.31. The summed E-state index contributed by atoms with van der Waals surface area (Å²) in [6.07, 6.45) is 0.866. The molecule has 2 aromatic heterocycles. The molecule has 0 saturated carbocycles. The lowest BCUT2D eigenvalue weighted by Crippen LogP contribution is -1.89. The molecular formula is C18H15NO. The average Bonchev–Trinajstić information content (AvgIpc) is 3.03. The van der Waals surface area contributed by atoms with Crippen LogP contribution in [0.4, 0.5) is 0 Å². The summed E-state index contributed by atoms with van der Waals surface area (Å²) in [5.41, 5.74) is 5.59. The first-order chi connectivity index (χ1) is 9.81. The number of aryl methyl sites for hydroxylation is 1. The zero-order valence-corrected chi connectivity index (χ0v) is 11.3. The van der Waals surface area contributed by atoms with Crippen molar-refractivity contribution in [2.24, 2.45) is 0 Å². The average molecular weight is 261 g/mol. The Morgan fingerprint density at radius 3 is 2.60 bits per heavy atom. The molecule has 0 saturated heterocycles. The zero-order chi connectivity index (χ0) is 13.5. The van der Waals surface area contributed by atoms with Crippen molar-refractivity contribution in [1.29, 1.82) is 0 Å². The molecule has 2 heteroatoms. The Hall–Kier alpha value is -2.48. The van der Waals surface area contributed by atoms with Crippen LogP contribution in [-0.2, 0) is 6.42 Å². The highest BCUT2D eigenvalue weighted by Gasteiger charge is 2.10. The molecule has 0 aliphatic rings. The number of benzene rings is 2. The van der Waals surface area contributed by atoms with E-state index in [1.165, 1.54) is 27.7 Å². The van der Waals surface area contributed by atoms with Gasteiger partial charge in [-0.1, -0.05) is 36.4 Å². The summed E-state index contributed by atoms with van der Waals surface area (Å²) in [6.45, 7) is 2.07. The van der Waals surface area contributed by atoms with Crippen LogP contribution in [-0.4, -0.2) is 4.98 Å². The molecule has 2 heterocycles. The predicted molar refractivity (Wildman–Crippen MR) is 82.1 cm³/mol. The van der Waals surface area contributed by atoms with Crippen molar-refractivity contribution in [3.8, 4) is 0 Å². The van der Waals surface area contributed by atoms with Crippen LogP contribution in [0.1, 0.15) is 17.0 Å². The van der Waals surface area contributed by atoms with Gasteiger partial charge in [-0.3, -0.25) is 0 Å². The van der Waals surface area contributed by atoms with Crippen molar-refractivity contribution in [3.63, 3.8) is 0 Å². The second-order valence-electron chi connectivity index (χ2n) is 5.24. The standard InChI is InChI=1S/C18H15NO/c1-12-9-10-14(19-12)11-13-5-4-7-16-15-6-2-3-8-17(15)20-18(13)16/h2-10,19H,11H2,1H3. The number of aromatic amines is 1. The molecule has 2 nitrogen and oxygen atoms in total. The largest absolute Gasteiger partial charge is 0.456 e. The Kier molecular flexibility index (Phi) is 2.43. The number of para-hydroxylation sites is 2. The summed E-state index contributed by atoms with van der Waals surface area (Å²) >= 11 is 0. The first kappa shape index (κ1) is 11.4. The molecule has 0 aliphatic heterocycles. The maximum Gasteiger partial charge on any atom is 0.139 e. The van der Waals surface area contributed by atoms with Gasteiger partial charge in [0.1, 0.15) is 11.2 Å². The highest BCUT2D eigenvalue weighted by atomic mass is 16.3. The van der Waals surface area contributed by atoms with E-state index in [2.05, 4.69) is 54.4 Å². The second kappa shape index (κ2) is 4.27. The van der Waals surface area contributed by atoms with E-state index >= 15 is 0 Å². The van der Waals surface area contributed by atoms with Gasteiger partial charge in [-0.15, -0.1) is 0 Å². The van der Waals surface area contributed by atoms with Crippen LogP contribution < -0.4 is 0 Å². The minimum atomic E-state index is 0.866. The molecule has 4 aromatic rings. The number of aromatic nitrogens is 1. The molecule has 0 amide bonds. The molecule has 20 heavy (non-hydrogen) atoms. The van der Waals surface area contributed by atoms with Crippen LogP contribution in [0.15, 0.2) is 59.0 Å². The minimum Gasteiger partial charge on any atom is -0.456 e. The van der Waals surface area contributed by atoms with E-state index in [1.807, 2.05) is 12.1 Å². The monoisotopic (exact) mass is 261 g/mol. The zero-order valence-electron chi connectivity index (χ0n) is 11.3. The van der Waals surface area contributed by atoms with Gasteiger partial charge in [-0.25, -0.2) is 0 Å². The number of rotatable bonds is 2. The van der Waals surface area contributed by atoms with Crippen molar-refractivity contribution in [2.45, 2.75) is 13.3 Å². The maximum absolute atomic E-state index is 6.05. The van der Waals surface area contributed by atoms with Gasteiger partial charge < -0.3 is 9.40 Å². The summed E-state index contributed by atoms with van der Waals surface area (Å²) in [6, 6.07) is 18.8. The Labute approximate surface area is 117 Å². The van der Waals surface area contributed by atoms with Crippen LogP contribution >= 0.6 is 0 Å². The quantitative estimate of drug-likeness (QED) is 0.551. The van der Waals surface area contributed by atoms with Crippen LogP contribution in [0.25, 0.3) is 21.9 Å². The molecule has 4 rings (SSSR count). The van der Waals surface area contributed by atoms with Crippen LogP contribution in [0.3, 0.4) is 0 Å². The second-order valence-corrected chi connectivity index (χ2v) is 5.24. The van der Waals surface area contributed by atoms with Gasteiger partial charge in [-0.2, -0.15) is 0 Å². The van der Waals surface area contributed by atoms with E-state index in [0.717, 1.165) is 17.6 Å². The topological polar surface area (TPSA) is 28.9 Å². The lowest BCUT2D eigenvalue weighted by Gasteiger charge is -2.00. The summed E-state index contributed by atoms with van der Waals surface area (Å²) in [5.74, 6) is 0. The maximum atomic E-state index is 6.05. The molecule has 0 aliphatic carbocycles. The van der Waals surface area contributed by atoms with Crippen LogP contribution in [0.2, 0.25) is 0 Å². The third kappa shape index (κ3) is 1.73. The molecule has 0 radical (unpaired) electrons. The molecular weight excluding hydrogens is 246 g/mol. The highest BCUT2D eigenvalue weighted by molar-refractivity contribution is 6.05. The Bertz CT molecular complexity index is 898. The van der Waals surface area contributed by atoms with E-state index in [0.29, 0.717) is 0 Å². The summed E-state index contributed by atoms with van der Waals surface area (Å²) in [5, 5.41) is 2.38. The van der Waals surface area contributed by atoms with E-state index in [-0.39, 0.29) is 0 Å². The van der Waals surface area contributed by atoms with Crippen molar-refractivity contribution in [1.82, 2.24) is 4.98 Å². The van der Waals surface area contributed by atoms with Crippen LogP contribution in [0.5, 0.6) is 0 Å². The van der Waals surface area contributed by atoms with Crippen LogP contribution in [0, 0.1) is 6.92 Å². The fraction of sp³-hybridized carbons (Fsp3) is 0.111. The van der Waals surface area contributed by atoms with E-state index in [9.17, 15) is 0 Å². The molecule has 2 aromatic carbocycles. The lowest BCUT2D eigenvalue weighted by molar-refractivity contribution is 0.664. The smallest absolute Gasteiger partial charge is 0.139 e. The van der Waals surface area contributed by atoms with Crippen molar-refractivity contribution in [2.75, 3.05) is 0 Å². The Morgan fingerprint density at radius 1 is 0.900 bits per heavy atom. The normalized spacial score (nSPS) is 11.4. The molecule has 0 bridgehead atoms. The fourth-order valence-corrected chi connectivity index (χ4v) is 2.82. The summed E-state index contributed by atoms with van der Waals surface area (Å²) in [4.78, 5) is 3.38. The van der Waals surface area contributed by atoms with Crippen molar-refractivity contribution < 1.29 is 4.42 Å². The summed E-state index contributed by atoms with van der Waals surface area (Å²) < 4.78 is 6.05. The molecule has 0 fully saturated rings. The van der Waals surface area contributed by atoms with Gasteiger partial charge in [0.2, 0.25) is 0 Å². The molecule has 98 valence electrons. The SMILES string of the molecule is Cc1ccc(Cc2cccc3c2oc2ccccc23)[nH]1. The number of hydrogen-bond acceptors (Lipinski definition) is 1. The Morgan fingerprint density at radius 2 is 1.75 bits per heavy atom. The number of furan rings is 1.